The molecule has 0 aromatic carbocycles. The summed E-state index contributed by atoms with van der Waals surface area (Å²) >= 11 is 0. The van der Waals surface area contributed by atoms with Gasteiger partial charge in [-0.15, -0.1) is 0 Å². The molecule has 33 valence electrons. The maximum Gasteiger partial charge on any atom is 1.00 e. The second-order valence-corrected chi connectivity index (χ2v) is 0. The van der Waals surface area contributed by atoms with E-state index in [1.54, 1.807) is 9.12 Å². The third kappa shape index (κ3) is 27.0. The Morgan fingerprint density at radius 1 is 1.40 bits per heavy atom. The third-order valence-electron chi connectivity index (χ3n) is 0. The maximum atomic E-state index is 8.06. The Morgan fingerprint density at radius 2 is 1.40 bits per heavy atom. The molecule has 1 nitrogen and oxygen atoms in total. The first-order valence-electron chi connectivity index (χ1n) is 0.204. The van der Waals surface area contributed by atoms with Gasteiger partial charge in [-0.2, -0.15) is 0 Å². The van der Waals surface area contributed by atoms with Crippen LogP contribution in [-0.4, -0.2) is 0 Å². The van der Waals surface area contributed by atoms with Crippen molar-refractivity contribution in [2.45, 2.75) is 0 Å². The molecule has 0 unspecified atom stereocenters. The molecule has 0 aliphatic rings. The fraction of sp³-hybridized carbons (Fsp3) is 0. The molecular weight excluding hydrogens is 172 g/mol. The van der Waals surface area contributed by atoms with E-state index in [2.05, 4.69) is 0 Å². The third-order valence-corrected chi connectivity index (χ3v) is 0. The van der Waals surface area contributed by atoms with Gasteiger partial charge in [0.05, 0.1) is 0 Å². The van der Waals surface area contributed by atoms with Crippen LogP contribution in [0.4, 0.5) is 0 Å². The van der Waals surface area contributed by atoms with Gasteiger partial charge in [0, 0.05) is 33.3 Å². The van der Waals surface area contributed by atoms with Crippen molar-refractivity contribution in [3.8, 4) is 0 Å². The molecule has 0 saturated carbocycles. The van der Waals surface area contributed by atoms with Crippen molar-refractivity contribution >= 4 is 9.12 Å². The van der Waals surface area contributed by atoms with Gasteiger partial charge in [-0.05, 0) is 0 Å². The molecule has 0 aliphatic carbocycles. The van der Waals surface area contributed by atoms with Crippen molar-refractivity contribution in [2.75, 3.05) is 0 Å². The molecule has 0 rings (SSSR count). The van der Waals surface area contributed by atoms with Crippen LogP contribution in [0.25, 0.3) is 0 Å². The number of hydrogen-bond donors (Lipinski definition) is 0. The van der Waals surface area contributed by atoms with Gasteiger partial charge in [0.2, 0.25) is 0 Å². The van der Waals surface area contributed by atoms with Crippen LogP contribution < -0.4 is 18.9 Å². The minimum atomic E-state index is 0. The zero-order valence-corrected chi connectivity index (χ0v) is 5.59. The maximum absolute atomic E-state index is 8.06. The molecule has 0 atom stereocenters. The monoisotopic (exact) mass is 173 g/mol. The molecule has 0 aromatic heterocycles. The fourth-order valence-electron chi connectivity index (χ4n) is 0. The first-order chi connectivity index (χ1) is 1.00. The van der Waals surface area contributed by atoms with Crippen LogP contribution in [0.5, 0.6) is 0 Å². The van der Waals surface area contributed by atoms with Crippen molar-refractivity contribution < 1.29 is 58.1 Å². The number of hydrogen-bond acceptors (Lipinski definition) is 1. The summed E-state index contributed by atoms with van der Waals surface area (Å²) in [7, 11) is 1.72. The van der Waals surface area contributed by atoms with E-state index < -0.39 is 0 Å². The zero-order chi connectivity index (χ0) is 2.00. The molecule has 0 aromatic rings. The minimum absolute atomic E-state index is 0. The Hall–Kier alpha value is 1.70. The van der Waals surface area contributed by atoms with Gasteiger partial charge >= 0.3 is 18.9 Å². The molecule has 1 radical (unpaired) electrons. The molecule has 5 heteroatoms. The van der Waals surface area contributed by atoms with Crippen molar-refractivity contribution in [1.29, 1.82) is 0 Å². The van der Waals surface area contributed by atoms with Crippen molar-refractivity contribution in [3.05, 3.63) is 0 Å². The van der Waals surface area contributed by atoms with Crippen LogP contribution in [0.3, 0.4) is 0 Å². The SMILES string of the molecule is O=P.[Co].[H-].[Li+].[Ni]. The molecule has 0 N–H and O–H groups in total. The normalized spacial score (nSPS) is 0.800. The van der Waals surface area contributed by atoms with Gasteiger partial charge in [-0.1, -0.05) is 0 Å². The topological polar surface area (TPSA) is 17.1 Å². The molecule has 0 heterocycles. The van der Waals surface area contributed by atoms with Crippen LogP contribution >= 0.6 is 9.12 Å². The summed E-state index contributed by atoms with van der Waals surface area (Å²) in [6.45, 7) is 0. The van der Waals surface area contributed by atoms with E-state index in [-0.39, 0.29) is 53.6 Å². The quantitative estimate of drug-likeness (QED) is 0.295. The van der Waals surface area contributed by atoms with Gasteiger partial charge < -0.3 is 1.43 Å². The Morgan fingerprint density at radius 3 is 1.40 bits per heavy atom. The van der Waals surface area contributed by atoms with E-state index in [9.17, 15) is 0 Å². The summed E-state index contributed by atoms with van der Waals surface area (Å²) in [6.07, 6.45) is 0. The molecule has 5 heavy (non-hydrogen) atoms. The minimum Gasteiger partial charge on any atom is -1.00 e. The molecular formula is H2CoLiNiOP. The van der Waals surface area contributed by atoms with Gasteiger partial charge in [0.25, 0.3) is 0 Å². The summed E-state index contributed by atoms with van der Waals surface area (Å²) in [5.74, 6) is 0. The van der Waals surface area contributed by atoms with Crippen LogP contribution in [0, 0.1) is 0 Å². The summed E-state index contributed by atoms with van der Waals surface area (Å²) < 4.78 is 8.06. The second-order valence-electron chi connectivity index (χ2n) is 0. The Balaban J connectivity index is -0.000000000833. The Kier molecular flexibility index (Phi) is 261. The van der Waals surface area contributed by atoms with Crippen molar-refractivity contribution in [3.63, 3.8) is 0 Å². The van der Waals surface area contributed by atoms with Crippen LogP contribution in [0.15, 0.2) is 0 Å². The first-order valence-corrected chi connectivity index (χ1v) is 0.612. The average Bonchev–Trinajstić information content (AvgIpc) is 1.00. The van der Waals surface area contributed by atoms with E-state index in [1.165, 1.54) is 0 Å². The van der Waals surface area contributed by atoms with Crippen LogP contribution in [0.1, 0.15) is 1.43 Å². The Bertz CT molecular complexity index is 15.5. The van der Waals surface area contributed by atoms with Gasteiger partial charge in [0.1, 0.15) is 9.12 Å². The average molecular weight is 174 g/mol. The smallest absolute Gasteiger partial charge is 1.00 e. The molecule has 0 amide bonds. The summed E-state index contributed by atoms with van der Waals surface area (Å²) in [5, 5.41) is 0. The zero-order valence-electron chi connectivity index (χ0n) is 3.56. The predicted octanol–water partition coefficient (Wildman–Crippen LogP) is -2.41. The summed E-state index contributed by atoms with van der Waals surface area (Å²) in [5.41, 5.74) is 0. The standard InChI is InChI=1S/Co.Li.Ni.HOP.H/c;;;1-2;/h;;;2H;/q;+1;;;-1. The van der Waals surface area contributed by atoms with E-state index in [1.807, 2.05) is 0 Å². The van der Waals surface area contributed by atoms with Crippen molar-refractivity contribution in [2.24, 2.45) is 0 Å². The second kappa shape index (κ2) is 43.6. The van der Waals surface area contributed by atoms with Crippen LogP contribution in [0.2, 0.25) is 0 Å². The van der Waals surface area contributed by atoms with Crippen molar-refractivity contribution in [1.82, 2.24) is 0 Å². The summed E-state index contributed by atoms with van der Waals surface area (Å²) in [6, 6.07) is 0. The predicted molar refractivity (Wildman–Crippen MR) is 10.1 cm³/mol. The number of rotatable bonds is 0. The Labute approximate surface area is 67.1 Å². The largest absolute Gasteiger partial charge is 1.00 e. The van der Waals surface area contributed by atoms with Gasteiger partial charge in [-0.3, -0.25) is 4.57 Å². The molecule has 0 fully saturated rings. The fourth-order valence-corrected chi connectivity index (χ4v) is 0. The van der Waals surface area contributed by atoms with Gasteiger partial charge in [-0.25, -0.2) is 0 Å². The van der Waals surface area contributed by atoms with Gasteiger partial charge in [0.15, 0.2) is 0 Å². The molecule has 0 bridgehead atoms. The summed E-state index contributed by atoms with van der Waals surface area (Å²) in [4.78, 5) is 0. The molecule has 0 spiro atoms. The van der Waals surface area contributed by atoms with E-state index in [4.69, 9.17) is 4.57 Å². The van der Waals surface area contributed by atoms with E-state index in [0.29, 0.717) is 0 Å². The first kappa shape index (κ1) is 29.9. The molecule has 0 aliphatic heterocycles. The van der Waals surface area contributed by atoms with E-state index >= 15 is 0 Å². The van der Waals surface area contributed by atoms with E-state index in [0.717, 1.165) is 0 Å². The van der Waals surface area contributed by atoms with Crippen LogP contribution in [-0.2, 0) is 37.8 Å². The molecule has 0 saturated heterocycles.